The van der Waals surface area contributed by atoms with Gasteiger partial charge in [0.05, 0.1) is 72.7 Å². The van der Waals surface area contributed by atoms with Crippen LogP contribution in [0, 0.1) is 52.4 Å². The molecule has 0 aromatic heterocycles. The van der Waals surface area contributed by atoms with Crippen LogP contribution in [-0.4, -0.2) is 139 Å². The zero-order valence-electron chi connectivity index (χ0n) is 76.5. The fourth-order valence-electron chi connectivity index (χ4n) is 19.9. The van der Waals surface area contributed by atoms with Gasteiger partial charge in [0, 0.05) is 84.8 Å². The highest BCUT2D eigenvalue weighted by Crippen LogP contribution is 2.53. The minimum atomic E-state index is -4.12. The third-order valence-corrected chi connectivity index (χ3v) is 39.4. The number of carbonyl (C=O) groups excluding carboxylic acids is 3. The summed E-state index contributed by atoms with van der Waals surface area (Å²) >= 11 is 12.1. The molecule has 6 heterocycles. The Balaban J connectivity index is 0.000000148. The van der Waals surface area contributed by atoms with Gasteiger partial charge in [0.2, 0.25) is 60.1 Å². The lowest BCUT2D eigenvalue weighted by molar-refractivity contribution is -0.133. The third-order valence-electron chi connectivity index (χ3n) is 27.4. The monoisotopic (exact) mass is 1980 g/mol. The molecule has 12 atom stereocenters. The van der Waals surface area contributed by atoms with Crippen molar-refractivity contribution in [1.82, 2.24) is 25.8 Å². The number of methoxy groups -OCH3 is 1. The molecule has 6 aliphatic heterocycles. The predicted octanol–water partition coefficient (Wildman–Crippen LogP) is 19.6. The number of halogens is 2. The Kier molecular flexibility index (Phi) is 29.3. The molecule has 18 rings (SSSR count). The van der Waals surface area contributed by atoms with E-state index in [9.17, 15) is 64.9 Å². The quantitative estimate of drug-likeness (QED) is 0.0646. The molecular formula is C106H108Cl2N6O16S6. The van der Waals surface area contributed by atoms with Crippen LogP contribution in [0.3, 0.4) is 0 Å². The van der Waals surface area contributed by atoms with Crippen LogP contribution >= 0.6 is 23.2 Å². The Morgan fingerprint density at radius 3 is 0.743 bits per heavy atom. The zero-order valence-corrected chi connectivity index (χ0v) is 82.9. The lowest BCUT2D eigenvalue weighted by Gasteiger charge is -2.51. The van der Waals surface area contributed by atoms with Crippen LogP contribution in [-0.2, 0) is 87.4 Å². The number of piperidine rings is 6. The summed E-state index contributed by atoms with van der Waals surface area (Å²) in [6.45, 7) is 13.3. The number of fused-ring (bicyclic) bond motifs is 3. The van der Waals surface area contributed by atoms with E-state index in [0.717, 1.165) is 74.0 Å². The molecule has 708 valence electrons. The van der Waals surface area contributed by atoms with Gasteiger partial charge in [0.15, 0.2) is 0 Å². The van der Waals surface area contributed by atoms with E-state index in [1.165, 1.54) is 74.4 Å². The van der Waals surface area contributed by atoms with Gasteiger partial charge >= 0.3 is 0 Å². The number of carbonyl (C=O) groups is 3. The number of hydrogen-bond acceptors (Lipinski definition) is 16. The van der Waals surface area contributed by atoms with E-state index in [0.29, 0.717) is 26.9 Å². The molecule has 0 N–H and O–H groups in total. The molecule has 0 radical (unpaired) electrons. The third kappa shape index (κ3) is 20.1. The molecule has 30 heteroatoms. The average molecular weight is 1990 g/mol. The Bertz CT molecular complexity index is 7090. The first kappa shape index (κ1) is 98.5. The first-order valence-corrected chi connectivity index (χ1v) is 54.8. The van der Waals surface area contributed by atoms with E-state index in [1.54, 1.807) is 141 Å². The molecule has 136 heavy (non-hydrogen) atoms. The number of ether oxygens (including phenoxy) is 1. The maximum absolute atomic E-state index is 14.7. The summed E-state index contributed by atoms with van der Waals surface area (Å²) in [6.07, 6.45) is 1.82. The Morgan fingerprint density at radius 1 is 0.272 bits per heavy atom. The van der Waals surface area contributed by atoms with Gasteiger partial charge in [-0.05, 0) is 220 Å². The average Bonchev–Trinajstić information content (AvgIpc) is 0.729. The second kappa shape index (κ2) is 40.5. The molecule has 0 bridgehead atoms. The van der Waals surface area contributed by atoms with Crippen molar-refractivity contribution in [2.45, 2.75) is 184 Å². The van der Waals surface area contributed by atoms with Crippen molar-refractivity contribution in [2.75, 3.05) is 26.7 Å². The number of aryl methyl sites for hydroxylation is 7. The maximum Gasteiger partial charge on any atom is 0.243 e. The van der Waals surface area contributed by atoms with Gasteiger partial charge in [-0.15, -0.1) is 0 Å². The number of ketones is 3. The molecule has 6 aliphatic rings. The van der Waals surface area contributed by atoms with Crippen molar-refractivity contribution < 1.29 is 69.6 Å². The number of sulfonamides is 6. The van der Waals surface area contributed by atoms with Gasteiger partial charge in [-0.3, -0.25) is 14.4 Å². The predicted molar refractivity (Wildman–Crippen MR) is 526 cm³/mol. The highest BCUT2D eigenvalue weighted by atomic mass is 35.5. The van der Waals surface area contributed by atoms with Crippen molar-refractivity contribution in [3.8, 4) is 5.75 Å². The molecular weight excluding hydrogens is 1880 g/mol. The number of Topliss-reactive ketones (excluding diaryl/α,β-unsaturated/α-hetero) is 3. The van der Waals surface area contributed by atoms with Gasteiger partial charge in [0.25, 0.3) is 0 Å². The van der Waals surface area contributed by atoms with E-state index in [4.69, 9.17) is 27.9 Å². The summed E-state index contributed by atoms with van der Waals surface area (Å²) in [7, 11) is -23.0. The topological polar surface area (TPSA) is 285 Å². The van der Waals surface area contributed by atoms with Crippen LogP contribution in [0.4, 0.5) is 0 Å². The van der Waals surface area contributed by atoms with Crippen molar-refractivity contribution in [3.05, 3.63) is 386 Å². The van der Waals surface area contributed by atoms with E-state index in [-0.39, 0.29) is 105 Å². The van der Waals surface area contributed by atoms with Gasteiger partial charge in [-0.1, -0.05) is 259 Å². The highest BCUT2D eigenvalue weighted by molar-refractivity contribution is 7.90. The minimum absolute atomic E-state index is 0.0356. The fraction of sp³-hybridized carbons (Fsp3) is 0.292. The number of rotatable bonds is 21. The van der Waals surface area contributed by atoms with Crippen molar-refractivity contribution in [3.63, 3.8) is 0 Å². The van der Waals surface area contributed by atoms with Gasteiger partial charge in [-0.2, -0.15) is 25.8 Å². The second-order valence-electron chi connectivity index (χ2n) is 35.9. The Hall–Kier alpha value is -10.5. The van der Waals surface area contributed by atoms with Gasteiger partial charge in [-0.25, -0.2) is 50.5 Å². The van der Waals surface area contributed by atoms with Crippen LogP contribution in [0.5, 0.6) is 5.75 Å². The van der Waals surface area contributed by atoms with Crippen LogP contribution in [0.25, 0.3) is 0 Å². The zero-order chi connectivity index (χ0) is 96.7. The normalized spacial score (nSPS) is 22.9. The first-order chi connectivity index (χ1) is 64.9. The molecule has 0 aliphatic carbocycles. The molecule has 22 nitrogen and oxygen atoms in total. The molecule has 0 amide bonds. The molecule has 12 aromatic rings. The SMILES string of the molecule is CCc1ccc([C@@H]2CC(=O)[C@@H]3CN(S(=O)(=O)c4ccc(Cl)cc4)[C@H](c4ccc(C)cc4)C[C@@H]3N2S(=O)(=O)c2ccc(C)cc2)cc1.CCc1ccc([C@@H]2CC(=O)[C@@H]3CN(S(=O)(=O)c4ccccc4)[C@H](c4ccc(C)cc4)C[C@@H]3N2S(=O)(=O)c2ccc(C)cc2)cc1.COc1ccc([C@@H]2CC(=O)[C@@H]3CN(S(=O)(=O)c4ccc(Cl)cc4)[C@H](c4ccc(C)cc4)C[C@@H]3N2S(=O)(=O)c2ccccc2)cc1. The van der Waals surface area contributed by atoms with Crippen LogP contribution in [0.15, 0.2) is 333 Å². The largest absolute Gasteiger partial charge is 0.497 e. The van der Waals surface area contributed by atoms with Crippen LogP contribution in [0.1, 0.15) is 161 Å². The molecule has 0 spiro atoms. The summed E-state index contributed by atoms with van der Waals surface area (Å²) in [5, 5.41) is 0.807. The second-order valence-corrected chi connectivity index (χ2v) is 48.0. The van der Waals surface area contributed by atoms with Gasteiger partial charge < -0.3 is 4.74 Å². The molecule has 12 aromatic carbocycles. The minimum Gasteiger partial charge on any atom is -0.497 e. The van der Waals surface area contributed by atoms with Crippen LogP contribution < -0.4 is 4.74 Å². The molecule has 6 saturated heterocycles. The number of benzene rings is 12. The van der Waals surface area contributed by atoms with Crippen molar-refractivity contribution >= 4 is 101 Å². The summed E-state index contributed by atoms with van der Waals surface area (Å²) in [5.74, 6) is -2.40. The number of hydrogen-bond donors (Lipinski definition) is 0. The Labute approximate surface area is 809 Å². The highest BCUT2D eigenvalue weighted by Gasteiger charge is 2.59. The maximum atomic E-state index is 14.7. The lowest BCUT2D eigenvalue weighted by atomic mass is 9.77. The smallest absolute Gasteiger partial charge is 0.243 e. The van der Waals surface area contributed by atoms with Crippen molar-refractivity contribution in [1.29, 1.82) is 0 Å². The summed E-state index contributed by atoms with van der Waals surface area (Å²) in [5.41, 5.74) is 11.5. The summed E-state index contributed by atoms with van der Waals surface area (Å²) in [4.78, 5) is 42.8. The van der Waals surface area contributed by atoms with Crippen LogP contribution in [0.2, 0.25) is 10.0 Å². The lowest BCUT2D eigenvalue weighted by Crippen LogP contribution is -2.60. The van der Waals surface area contributed by atoms with Crippen molar-refractivity contribution in [2.24, 2.45) is 17.8 Å². The number of nitrogens with zero attached hydrogens (tertiary/aromatic N) is 6. The summed E-state index contributed by atoms with van der Waals surface area (Å²) in [6, 6.07) is 80.5. The fourth-order valence-corrected chi connectivity index (χ4v) is 30.7. The van der Waals surface area contributed by atoms with E-state index in [2.05, 4.69) is 13.8 Å². The molecule has 0 saturated carbocycles. The first-order valence-electron chi connectivity index (χ1n) is 45.4. The van der Waals surface area contributed by atoms with E-state index in [1.807, 2.05) is 156 Å². The molecule has 6 fully saturated rings. The molecule has 0 unspecified atom stereocenters. The standard InChI is InChI=1S/C36H37ClN2O5S2.C36H38N2O5S2.C34H33ClN2O6S2/c1-4-26-9-13-28(14-10-26)34-22-36(40)32-23-38(45(41,42)30-19-15-29(37)16-20-30)33(27-11-5-24(2)6-12-27)21-35(32)39(34)46(43,44)31-17-7-25(3)8-18-31;1-4-27-14-18-29(19-15-27)34-23-36(39)32-24-37(44(40,41)30-8-6-5-7-9-30)33(28-16-10-25(2)11-17-28)22-35(32)38(34)45(42,43)31-20-12-26(3)13-21-31;1-23-8-10-24(11-9-23)31-20-33-30(22-36(31)44(39,40)29-18-14-26(35)15-19-29)34(38)21-32(25-12-16-27(43-2)17-13-25)37(33)45(41,42)28-6-4-3-5-7-28/h5-20,32-35H,4,21-23H2,1-3H3;5-21,32-35H,4,22-24H2,1-3H3;3-19,30-33H,20-22H2,1-2H3/t2*32-,33+,34+,35+;30-,31+,32+,33+/m111/s1. The van der Waals surface area contributed by atoms with E-state index < -0.39 is 132 Å². The Morgan fingerprint density at radius 2 is 0.485 bits per heavy atom. The summed E-state index contributed by atoms with van der Waals surface area (Å²) < 4.78 is 187. The van der Waals surface area contributed by atoms with Gasteiger partial charge in [0.1, 0.15) is 23.1 Å². The van der Waals surface area contributed by atoms with E-state index >= 15 is 0 Å².